The van der Waals surface area contributed by atoms with E-state index in [0.29, 0.717) is 5.56 Å². The first-order chi connectivity index (χ1) is 13.8. The summed E-state index contributed by atoms with van der Waals surface area (Å²) in [6, 6.07) is 13.7. The smallest absolute Gasteiger partial charge is 0.311 e. The van der Waals surface area contributed by atoms with Gasteiger partial charge in [0.05, 0.1) is 12.0 Å². The van der Waals surface area contributed by atoms with Gasteiger partial charge in [-0.15, -0.1) is 0 Å². The molecule has 0 bridgehead atoms. The maximum absolute atomic E-state index is 13.5. The minimum atomic E-state index is -0.613. The number of ether oxygens (including phenoxy) is 1. The predicted molar refractivity (Wildman–Crippen MR) is 105 cm³/mol. The third-order valence-electron chi connectivity index (χ3n) is 5.04. The summed E-state index contributed by atoms with van der Waals surface area (Å²) in [6.07, 6.45) is 0.0563. The van der Waals surface area contributed by atoms with Gasteiger partial charge in [0.25, 0.3) is 5.91 Å². The molecule has 1 heterocycles. The van der Waals surface area contributed by atoms with E-state index in [-0.39, 0.29) is 30.6 Å². The molecular weight excluding hydrogens is 375 g/mol. The highest BCUT2D eigenvalue weighted by atomic mass is 19.1. The largest absolute Gasteiger partial charge is 0.455 e. The highest BCUT2D eigenvalue weighted by molar-refractivity contribution is 5.93. The van der Waals surface area contributed by atoms with Crippen molar-refractivity contribution in [3.63, 3.8) is 0 Å². The fourth-order valence-electron chi connectivity index (χ4n) is 3.30. The molecule has 0 radical (unpaired) electrons. The van der Waals surface area contributed by atoms with E-state index in [1.54, 1.807) is 24.0 Å². The minimum Gasteiger partial charge on any atom is -0.455 e. The van der Waals surface area contributed by atoms with Crippen LogP contribution in [-0.4, -0.2) is 35.8 Å². The number of amides is 2. The molecule has 2 aromatic carbocycles. The Bertz CT molecular complexity index is 916. The number of hydrogen-bond acceptors (Lipinski definition) is 4. The Morgan fingerprint density at radius 1 is 1.24 bits per heavy atom. The summed E-state index contributed by atoms with van der Waals surface area (Å²) in [5.41, 5.74) is 1.74. The molecule has 3 rings (SSSR count). The zero-order chi connectivity index (χ0) is 21.0. The third kappa shape index (κ3) is 4.99. The summed E-state index contributed by atoms with van der Waals surface area (Å²) in [5, 5.41) is 2.48. The van der Waals surface area contributed by atoms with Crippen LogP contribution >= 0.6 is 0 Å². The Labute approximate surface area is 168 Å². The molecule has 2 aromatic rings. The molecule has 1 fully saturated rings. The van der Waals surface area contributed by atoms with Gasteiger partial charge in [-0.25, -0.2) is 4.39 Å². The van der Waals surface area contributed by atoms with Crippen LogP contribution < -0.4 is 5.32 Å². The summed E-state index contributed by atoms with van der Waals surface area (Å²) < 4.78 is 18.6. The summed E-state index contributed by atoms with van der Waals surface area (Å²) in [4.78, 5) is 38.3. The molecule has 152 valence electrons. The van der Waals surface area contributed by atoms with Crippen LogP contribution in [0.2, 0.25) is 0 Å². The van der Waals surface area contributed by atoms with E-state index in [1.165, 1.54) is 6.07 Å². The van der Waals surface area contributed by atoms with E-state index in [2.05, 4.69) is 5.32 Å². The van der Waals surface area contributed by atoms with Gasteiger partial charge in [0.15, 0.2) is 6.61 Å². The first-order valence-corrected chi connectivity index (χ1v) is 9.42. The van der Waals surface area contributed by atoms with E-state index in [0.717, 1.165) is 5.56 Å². The Morgan fingerprint density at radius 3 is 2.66 bits per heavy atom. The second kappa shape index (κ2) is 8.86. The molecule has 2 atom stereocenters. The molecule has 0 unspecified atom stereocenters. The van der Waals surface area contributed by atoms with Crippen LogP contribution in [0.5, 0.6) is 0 Å². The number of carbonyl (C=O) groups excluding carboxylic acids is 3. The van der Waals surface area contributed by atoms with Crippen molar-refractivity contribution in [1.82, 2.24) is 4.90 Å². The lowest BCUT2D eigenvalue weighted by molar-refractivity contribution is -0.151. The molecule has 6 nitrogen and oxygen atoms in total. The number of aryl methyl sites for hydroxylation is 1. The van der Waals surface area contributed by atoms with Gasteiger partial charge in [-0.3, -0.25) is 14.4 Å². The molecule has 0 saturated carbocycles. The van der Waals surface area contributed by atoms with E-state index < -0.39 is 30.2 Å². The summed E-state index contributed by atoms with van der Waals surface area (Å²) in [5.74, 6) is -2.33. The first-order valence-electron chi connectivity index (χ1n) is 9.42. The molecule has 0 aliphatic carbocycles. The van der Waals surface area contributed by atoms with Crippen LogP contribution in [0.25, 0.3) is 0 Å². The maximum Gasteiger partial charge on any atom is 0.311 e. The SMILES string of the molecule is Cc1ccc(NC(=O)COC(=O)[C@H]2CC(=O)N([C@H](C)c3ccccc3)C2)cc1F. The van der Waals surface area contributed by atoms with Crippen LogP contribution in [0, 0.1) is 18.7 Å². The van der Waals surface area contributed by atoms with Crippen molar-refractivity contribution < 1.29 is 23.5 Å². The molecule has 0 spiro atoms. The topological polar surface area (TPSA) is 75.7 Å². The molecule has 1 aliphatic heterocycles. The Morgan fingerprint density at radius 2 is 1.97 bits per heavy atom. The van der Waals surface area contributed by atoms with Gasteiger partial charge in [0, 0.05) is 18.7 Å². The zero-order valence-electron chi connectivity index (χ0n) is 16.4. The summed E-state index contributed by atoms with van der Waals surface area (Å²) >= 11 is 0. The van der Waals surface area contributed by atoms with E-state index in [1.807, 2.05) is 37.3 Å². The lowest BCUT2D eigenvalue weighted by Gasteiger charge is -2.25. The zero-order valence-corrected chi connectivity index (χ0v) is 16.4. The molecule has 7 heteroatoms. The second-order valence-corrected chi connectivity index (χ2v) is 7.15. The van der Waals surface area contributed by atoms with Crippen molar-refractivity contribution in [2.75, 3.05) is 18.5 Å². The Hall–Kier alpha value is -3.22. The number of nitrogens with zero attached hydrogens (tertiary/aromatic N) is 1. The van der Waals surface area contributed by atoms with E-state index >= 15 is 0 Å². The standard InChI is InChI=1S/C22H23FN2O4/c1-14-8-9-18(11-19(14)23)24-20(26)13-29-22(28)17-10-21(27)25(12-17)15(2)16-6-4-3-5-7-16/h3-9,11,15,17H,10,12-13H2,1-2H3,(H,24,26)/t15-,17+/m1/s1. The lowest BCUT2D eigenvalue weighted by Crippen LogP contribution is -2.30. The number of benzene rings is 2. The number of rotatable bonds is 6. The summed E-state index contributed by atoms with van der Waals surface area (Å²) in [7, 11) is 0. The fraction of sp³-hybridized carbons (Fsp3) is 0.318. The van der Waals surface area contributed by atoms with Crippen molar-refractivity contribution in [3.05, 3.63) is 65.5 Å². The minimum absolute atomic E-state index is 0.0563. The average molecular weight is 398 g/mol. The van der Waals surface area contributed by atoms with Crippen LogP contribution in [0.3, 0.4) is 0 Å². The molecular formula is C22H23FN2O4. The fourth-order valence-corrected chi connectivity index (χ4v) is 3.30. The lowest BCUT2D eigenvalue weighted by atomic mass is 10.1. The first kappa shape index (κ1) is 20.5. The number of hydrogen-bond donors (Lipinski definition) is 1. The summed E-state index contributed by atoms with van der Waals surface area (Å²) in [6.45, 7) is 3.29. The van der Waals surface area contributed by atoms with Crippen LogP contribution in [0.4, 0.5) is 10.1 Å². The van der Waals surface area contributed by atoms with Crippen molar-refractivity contribution in [1.29, 1.82) is 0 Å². The van der Waals surface area contributed by atoms with Gasteiger partial charge in [-0.05, 0) is 37.1 Å². The molecule has 0 aromatic heterocycles. The van der Waals surface area contributed by atoms with Gasteiger partial charge in [-0.2, -0.15) is 0 Å². The van der Waals surface area contributed by atoms with Crippen molar-refractivity contribution in [2.45, 2.75) is 26.3 Å². The Balaban J connectivity index is 1.51. The average Bonchev–Trinajstić information content (AvgIpc) is 3.11. The van der Waals surface area contributed by atoms with Crippen LogP contribution in [-0.2, 0) is 19.1 Å². The molecule has 2 amide bonds. The molecule has 29 heavy (non-hydrogen) atoms. The van der Waals surface area contributed by atoms with E-state index in [4.69, 9.17) is 4.74 Å². The van der Waals surface area contributed by atoms with Gasteiger partial charge >= 0.3 is 5.97 Å². The maximum atomic E-state index is 13.5. The number of likely N-dealkylation sites (tertiary alicyclic amines) is 1. The quantitative estimate of drug-likeness (QED) is 0.758. The molecule has 1 aliphatic rings. The predicted octanol–water partition coefficient (Wildman–Crippen LogP) is 3.23. The highest BCUT2D eigenvalue weighted by Gasteiger charge is 2.38. The van der Waals surface area contributed by atoms with Crippen molar-refractivity contribution in [2.24, 2.45) is 5.92 Å². The van der Waals surface area contributed by atoms with Crippen LogP contribution in [0.1, 0.15) is 30.5 Å². The monoisotopic (exact) mass is 398 g/mol. The van der Waals surface area contributed by atoms with Crippen molar-refractivity contribution in [3.8, 4) is 0 Å². The molecule has 1 N–H and O–H groups in total. The van der Waals surface area contributed by atoms with Gasteiger partial charge in [-0.1, -0.05) is 36.4 Å². The van der Waals surface area contributed by atoms with Gasteiger partial charge in [0.2, 0.25) is 5.91 Å². The van der Waals surface area contributed by atoms with Gasteiger partial charge < -0.3 is 15.0 Å². The third-order valence-corrected chi connectivity index (χ3v) is 5.04. The number of anilines is 1. The Kier molecular flexibility index (Phi) is 6.26. The normalized spacial score (nSPS) is 17.1. The number of carbonyl (C=O) groups is 3. The van der Waals surface area contributed by atoms with Gasteiger partial charge in [0.1, 0.15) is 5.82 Å². The number of esters is 1. The van der Waals surface area contributed by atoms with Crippen LogP contribution in [0.15, 0.2) is 48.5 Å². The number of nitrogens with one attached hydrogen (secondary N) is 1. The highest BCUT2D eigenvalue weighted by Crippen LogP contribution is 2.29. The van der Waals surface area contributed by atoms with Crippen molar-refractivity contribution >= 4 is 23.5 Å². The van der Waals surface area contributed by atoms with E-state index in [9.17, 15) is 18.8 Å². The number of halogens is 1. The molecule has 1 saturated heterocycles. The second-order valence-electron chi connectivity index (χ2n) is 7.15.